The van der Waals surface area contributed by atoms with E-state index in [1.165, 1.54) is 0 Å². The summed E-state index contributed by atoms with van der Waals surface area (Å²) in [6, 6.07) is 18.1. The van der Waals surface area contributed by atoms with Crippen LogP contribution in [0.15, 0.2) is 54.6 Å². The molecule has 126 valence electrons. The Hall–Kier alpha value is -2.33. The second kappa shape index (κ2) is 7.97. The molecule has 1 amide bonds. The number of amides is 1. The zero-order chi connectivity index (χ0) is 16.8. The monoisotopic (exact) mass is 324 g/mol. The number of likely N-dealkylation sites (tertiary alicyclic amines) is 1. The Labute approximate surface area is 143 Å². The number of ether oxygens (including phenoxy) is 1. The summed E-state index contributed by atoms with van der Waals surface area (Å²) < 4.78 is 5.90. The lowest BCUT2D eigenvalue weighted by molar-refractivity contribution is -0.130. The average Bonchev–Trinajstić information content (AvgIpc) is 3.12. The highest BCUT2D eigenvalue weighted by Gasteiger charge is 2.24. The van der Waals surface area contributed by atoms with Gasteiger partial charge in [0, 0.05) is 18.7 Å². The van der Waals surface area contributed by atoms with Crippen molar-refractivity contribution in [3.05, 3.63) is 54.6 Å². The van der Waals surface area contributed by atoms with Gasteiger partial charge < -0.3 is 15.4 Å². The highest BCUT2D eigenvalue weighted by atomic mass is 16.5. The lowest BCUT2D eigenvalue weighted by atomic mass is 10.1. The fourth-order valence-electron chi connectivity index (χ4n) is 3.11. The van der Waals surface area contributed by atoms with Gasteiger partial charge in [0.25, 0.3) is 0 Å². The first kappa shape index (κ1) is 16.5. The highest BCUT2D eigenvalue weighted by Crippen LogP contribution is 2.29. The maximum absolute atomic E-state index is 12.3. The van der Waals surface area contributed by atoms with Gasteiger partial charge in [-0.2, -0.15) is 0 Å². The lowest BCUT2D eigenvalue weighted by Crippen LogP contribution is -2.30. The predicted octanol–water partition coefficient (Wildman–Crippen LogP) is 2.93. The Bertz CT molecular complexity index is 672. The molecule has 4 nitrogen and oxygen atoms in total. The van der Waals surface area contributed by atoms with E-state index in [4.69, 9.17) is 10.5 Å². The van der Waals surface area contributed by atoms with Crippen LogP contribution in [0, 0.1) is 5.92 Å². The minimum atomic E-state index is 0.156. The minimum absolute atomic E-state index is 0.156. The van der Waals surface area contributed by atoms with Gasteiger partial charge in [-0.25, -0.2) is 0 Å². The van der Waals surface area contributed by atoms with Crippen molar-refractivity contribution in [2.45, 2.75) is 12.8 Å². The molecule has 1 aliphatic heterocycles. The average molecular weight is 324 g/mol. The third-order valence-electron chi connectivity index (χ3n) is 4.52. The number of para-hydroxylation sites is 1. The highest BCUT2D eigenvalue weighted by molar-refractivity contribution is 5.76. The Morgan fingerprint density at radius 3 is 2.62 bits per heavy atom. The molecular formula is C20H24N2O2. The Morgan fingerprint density at radius 2 is 1.88 bits per heavy atom. The molecule has 0 aliphatic carbocycles. The summed E-state index contributed by atoms with van der Waals surface area (Å²) in [5.74, 6) is 1.43. The molecule has 1 saturated heterocycles. The van der Waals surface area contributed by atoms with E-state index in [9.17, 15) is 4.79 Å². The lowest BCUT2D eigenvalue weighted by Gasteiger charge is -2.17. The maximum Gasteiger partial charge on any atom is 0.226 e. The fourth-order valence-corrected chi connectivity index (χ4v) is 3.11. The molecule has 1 aliphatic rings. The van der Waals surface area contributed by atoms with Crippen molar-refractivity contribution in [1.29, 1.82) is 0 Å². The quantitative estimate of drug-likeness (QED) is 0.889. The number of carbonyl (C=O) groups excluding carboxylic acids is 1. The number of nitrogens with zero attached hydrogens (tertiary/aromatic N) is 1. The summed E-state index contributed by atoms with van der Waals surface area (Å²) in [5.41, 5.74) is 7.85. The number of nitrogens with two attached hydrogens (primary N) is 1. The molecule has 0 aromatic heterocycles. The first-order chi connectivity index (χ1) is 11.8. The molecule has 4 heteroatoms. The van der Waals surface area contributed by atoms with Crippen LogP contribution in [0.3, 0.4) is 0 Å². The molecule has 0 saturated carbocycles. The Balaban J connectivity index is 1.57. The van der Waals surface area contributed by atoms with E-state index in [0.717, 1.165) is 36.4 Å². The third kappa shape index (κ3) is 3.95. The van der Waals surface area contributed by atoms with E-state index in [1.54, 1.807) is 0 Å². The van der Waals surface area contributed by atoms with Crippen LogP contribution in [0.4, 0.5) is 0 Å². The van der Waals surface area contributed by atoms with Gasteiger partial charge >= 0.3 is 0 Å². The van der Waals surface area contributed by atoms with E-state index in [2.05, 4.69) is 12.1 Å². The van der Waals surface area contributed by atoms with Gasteiger partial charge in [-0.3, -0.25) is 4.79 Å². The van der Waals surface area contributed by atoms with E-state index < -0.39 is 0 Å². The molecule has 24 heavy (non-hydrogen) atoms. The van der Waals surface area contributed by atoms with Gasteiger partial charge in [-0.1, -0.05) is 48.5 Å². The van der Waals surface area contributed by atoms with E-state index in [0.29, 0.717) is 25.5 Å². The Kier molecular flexibility index (Phi) is 5.49. The van der Waals surface area contributed by atoms with Crippen LogP contribution in [0.25, 0.3) is 11.1 Å². The number of carbonyl (C=O) groups is 1. The number of hydrogen-bond acceptors (Lipinski definition) is 3. The van der Waals surface area contributed by atoms with Gasteiger partial charge in [0.1, 0.15) is 5.75 Å². The van der Waals surface area contributed by atoms with Crippen molar-refractivity contribution in [2.24, 2.45) is 11.7 Å². The van der Waals surface area contributed by atoms with Crippen molar-refractivity contribution in [3.63, 3.8) is 0 Å². The first-order valence-electron chi connectivity index (χ1n) is 8.53. The van der Waals surface area contributed by atoms with Crippen LogP contribution < -0.4 is 10.5 Å². The minimum Gasteiger partial charge on any atom is -0.492 e. The first-order valence-corrected chi connectivity index (χ1v) is 8.53. The normalized spacial score (nSPS) is 17.0. The van der Waals surface area contributed by atoms with Gasteiger partial charge in [-0.05, 0) is 30.5 Å². The molecule has 3 rings (SSSR count). The van der Waals surface area contributed by atoms with E-state index in [1.807, 2.05) is 47.4 Å². The summed E-state index contributed by atoms with van der Waals surface area (Å²) in [5, 5.41) is 0. The van der Waals surface area contributed by atoms with Crippen molar-refractivity contribution in [1.82, 2.24) is 4.90 Å². The Morgan fingerprint density at radius 1 is 1.12 bits per heavy atom. The maximum atomic E-state index is 12.3. The number of rotatable bonds is 6. The van der Waals surface area contributed by atoms with Gasteiger partial charge in [0.2, 0.25) is 5.91 Å². The van der Waals surface area contributed by atoms with Crippen LogP contribution in [-0.2, 0) is 4.79 Å². The van der Waals surface area contributed by atoms with Crippen LogP contribution in [0.2, 0.25) is 0 Å². The van der Waals surface area contributed by atoms with Crippen molar-refractivity contribution < 1.29 is 9.53 Å². The molecule has 0 radical (unpaired) electrons. The fraction of sp³-hybridized carbons (Fsp3) is 0.350. The van der Waals surface area contributed by atoms with Crippen LogP contribution in [0.5, 0.6) is 5.75 Å². The SMILES string of the molecule is NCC1CCN(C(=O)CCOc2ccccc2-c2ccccc2)C1. The molecule has 0 spiro atoms. The molecule has 1 unspecified atom stereocenters. The van der Waals surface area contributed by atoms with Gasteiger partial charge in [-0.15, -0.1) is 0 Å². The molecule has 1 fully saturated rings. The predicted molar refractivity (Wildman–Crippen MR) is 95.7 cm³/mol. The summed E-state index contributed by atoms with van der Waals surface area (Å²) in [4.78, 5) is 14.2. The summed E-state index contributed by atoms with van der Waals surface area (Å²) in [6.45, 7) is 2.66. The molecule has 1 atom stereocenters. The topological polar surface area (TPSA) is 55.6 Å². The van der Waals surface area contributed by atoms with Crippen LogP contribution in [-0.4, -0.2) is 37.0 Å². The van der Waals surface area contributed by atoms with E-state index >= 15 is 0 Å². The number of benzene rings is 2. The standard InChI is InChI=1S/C20H24N2O2/c21-14-16-10-12-22(15-16)20(23)11-13-24-19-9-5-4-8-18(19)17-6-2-1-3-7-17/h1-9,16H,10-15,21H2. The van der Waals surface area contributed by atoms with Crippen LogP contribution >= 0.6 is 0 Å². The van der Waals surface area contributed by atoms with Crippen molar-refractivity contribution in [3.8, 4) is 16.9 Å². The molecule has 2 aromatic rings. The van der Waals surface area contributed by atoms with Crippen molar-refractivity contribution >= 4 is 5.91 Å². The second-order valence-corrected chi connectivity index (χ2v) is 6.19. The molecular weight excluding hydrogens is 300 g/mol. The zero-order valence-electron chi connectivity index (χ0n) is 13.9. The second-order valence-electron chi connectivity index (χ2n) is 6.19. The summed E-state index contributed by atoms with van der Waals surface area (Å²) in [7, 11) is 0. The zero-order valence-corrected chi connectivity index (χ0v) is 13.9. The molecule has 2 N–H and O–H groups in total. The van der Waals surface area contributed by atoms with Crippen molar-refractivity contribution in [2.75, 3.05) is 26.2 Å². The summed E-state index contributed by atoms with van der Waals surface area (Å²) >= 11 is 0. The molecule has 0 bridgehead atoms. The van der Waals surface area contributed by atoms with E-state index in [-0.39, 0.29) is 5.91 Å². The molecule has 2 aromatic carbocycles. The van der Waals surface area contributed by atoms with Gasteiger partial charge in [0.05, 0.1) is 13.0 Å². The summed E-state index contributed by atoms with van der Waals surface area (Å²) in [6.07, 6.45) is 1.42. The third-order valence-corrected chi connectivity index (χ3v) is 4.52. The van der Waals surface area contributed by atoms with Crippen LogP contribution in [0.1, 0.15) is 12.8 Å². The smallest absolute Gasteiger partial charge is 0.226 e. The molecule has 1 heterocycles. The largest absolute Gasteiger partial charge is 0.492 e. The van der Waals surface area contributed by atoms with Gasteiger partial charge in [0.15, 0.2) is 0 Å². The number of hydrogen-bond donors (Lipinski definition) is 1.